The highest BCUT2D eigenvalue weighted by molar-refractivity contribution is 5.85. The molecule has 0 aliphatic carbocycles. The topological polar surface area (TPSA) is 60.0 Å². The molecule has 0 unspecified atom stereocenters. The first-order valence-corrected chi connectivity index (χ1v) is 5.53. The molecule has 0 aliphatic rings. The van der Waals surface area contributed by atoms with Crippen molar-refractivity contribution in [1.82, 2.24) is 14.1 Å². The van der Waals surface area contributed by atoms with E-state index >= 15 is 0 Å². The summed E-state index contributed by atoms with van der Waals surface area (Å²) in [6.45, 7) is 3.37. The van der Waals surface area contributed by atoms with Crippen LogP contribution in [-0.2, 0) is 13.1 Å². The van der Waals surface area contributed by atoms with E-state index in [1.807, 2.05) is 15.3 Å². The van der Waals surface area contributed by atoms with Crippen LogP contribution in [0.25, 0.3) is 0 Å². The fourth-order valence-electron chi connectivity index (χ4n) is 1.75. The Morgan fingerprint density at radius 2 is 2.11 bits per heavy atom. The van der Waals surface area contributed by atoms with Crippen LogP contribution in [0.5, 0.6) is 5.75 Å². The predicted molar refractivity (Wildman–Crippen MR) is 71.2 cm³/mol. The van der Waals surface area contributed by atoms with E-state index in [-0.39, 0.29) is 23.6 Å². The van der Waals surface area contributed by atoms with Crippen LogP contribution in [0, 0.1) is 6.92 Å². The van der Waals surface area contributed by atoms with Crippen LogP contribution < -0.4 is 5.43 Å². The largest absolute Gasteiger partial charge is 0.503 e. The van der Waals surface area contributed by atoms with Crippen molar-refractivity contribution in [1.29, 1.82) is 0 Å². The minimum absolute atomic E-state index is 0. The molecule has 6 heteroatoms. The van der Waals surface area contributed by atoms with Gasteiger partial charge in [-0.05, 0) is 13.3 Å². The smallest absolute Gasteiger partial charge is 0.223 e. The van der Waals surface area contributed by atoms with Gasteiger partial charge in [0.05, 0.1) is 12.0 Å². The Balaban J connectivity index is 0.00000162. The normalized spacial score (nSPS) is 10.1. The second-order valence-electron chi connectivity index (χ2n) is 3.96. The number of halogens is 1. The van der Waals surface area contributed by atoms with Gasteiger partial charge in [-0.1, -0.05) is 0 Å². The Morgan fingerprint density at radius 3 is 2.78 bits per heavy atom. The van der Waals surface area contributed by atoms with E-state index in [2.05, 4.69) is 4.98 Å². The molecule has 0 aromatic carbocycles. The highest BCUT2D eigenvalue weighted by Gasteiger charge is 2.04. The number of nitrogens with zero attached hydrogens (tertiary/aromatic N) is 3. The quantitative estimate of drug-likeness (QED) is 0.917. The van der Waals surface area contributed by atoms with E-state index in [0.29, 0.717) is 5.69 Å². The number of hydrogen-bond acceptors (Lipinski definition) is 3. The lowest BCUT2D eigenvalue weighted by Gasteiger charge is -2.11. The lowest BCUT2D eigenvalue weighted by molar-refractivity contribution is 0.449. The number of imidazole rings is 1. The standard InChI is InChI=1S/C12H15N3O2.ClH/c1-10-12(17)11(16)3-7-15(10)6-2-5-14-8-4-13-9-14;/h3-4,7-9,17H,2,5-6H2,1H3;1H. The summed E-state index contributed by atoms with van der Waals surface area (Å²) < 4.78 is 3.88. The maximum absolute atomic E-state index is 11.2. The first kappa shape index (κ1) is 14.3. The third-order valence-electron chi connectivity index (χ3n) is 2.79. The van der Waals surface area contributed by atoms with Gasteiger partial charge in [-0.15, -0.1) is 12.4 Å². The Labute approximate surface area is 111 Å². The summed E-state index contributed by atoms with van der Waals surface area (Å²) in [6.07, 6.45) is 8.06. The van der Waals surface area contributed by atoms with Gasteiger partial charge < -0.3 is 14.2 Å². The van der Waals surface area contributed by atoms with Gasteiger partial charge in [0, 0.05) is 37.7 Å². The maximum Gasteiger partial charge on any atom is 0.223 e. The number of hydrogen-bond donors (Lipinski definition) is 1. The third kappa shape index (κ3) is 3.13. The molecule has 0 saturated heterocycles. The molecule has 2 rings (SSSR count). The van der Waals surface area contributed by atoms with Crippen molar-refractivity contribution < 1.29 is 5.11 Å². The van der Waals surface area contributed by atoms with Gasteiger partial charge in [-0.2, -0.15) is 0 Å². The highest BCUT2D eigenvalue weighted by Crippen LogP contribution is 2.09. The SMILES string of the molecule is Cc1c(O)c(=O)ccn1CCCn1ccnc1.Cl. The van der Waals surface area contributed by atoms with Crippen LogP contribution >= 0.6 is 12.4 Å². The van der Waals surface area contributed by atoms with Gasteiger partial charge in [-0.3, -0.25) is 4.79 Å². The van der Waals surface area contributed by atoms with Crippen LogP contribution in [0.2, 0.25) is 0 Å². The molecule has 0 spiro atoms. The number of rotatable bonds is 4. The molecule has 0 saturated carbocycles. The minimum atomic E-state index is -0.326. The Kier molecular flexibility index (Phi) is 4.97. The fraction of sp³-hybridized carbons (Fsp3) is 0.333. The van der Waals surface area contributed by atoms with Crippen molar-refractivity contribution in [3.63, 3.8) is 0 Å². The van der Waals surface area contributed by atoms with Gasteiger partial charge in [0.1, 0.15) is 0 Å². The Morgan fingerprint density at radius 1 is 1.33 bits per heavy atom. The maximum atomic E-state index is 11.2. The molecule has 98 valence electrons. The zero-order chi connectivity index (χ0) is 12.3. The van der Waals surface area contributed by atoms with Gasteiger partial charge >= 0.3 is 0 Å². The lowest BCUT2D eigenvalue weighted by atomic mass is 10.3. The van der Waals surface area contributed by atoms with Crippen LogP contribution in [-0.4, -0.2) is 19.2 Å². The molecule has 1 N–H and O–H groups in total. The van der Waals surface area contributed by atoms with Crippen molar-refractivity contribution in [2.75, 3.05) is 0 Å². The average molecular weight is 270 g/mol. The summed E-state index contributed by atoms with van der Waals surface area (Å²) in [7, 11) is 0. The molecule has 18 heavy (non-hydrogen) atoms. The Hall–Kier alpha value is -1.75. The summed E-state index contributed by atoms with van der Waals surface area (Å²) in [5.74, 6) is -0.157. The van der Waals surface area contributed by atoms with E-state index < -0.39 is 0 Å². The van der Waals surface area contributed by atoms with Gasteiger partial charge in [0.15, 0.2) is 5.75 Å². The Bertz CT molecular complexity index is 549. The average Bonchev–Trinajstić information content (AvgIpc) is 2.82. The second kappa shape index (κ2) is 6.26. The summed E-state index contributed by atoms with van der Waals surface area (Å²) in [5.41, 5.74) is 0.288. The van der Waals surface area contributed by atoms with E-state index in [9.17, 15) is 9.90 Å². The van der Waals surface area contributed by atoms with Crippen LogP contribution in [0.1, 0.15) is 12.1 Å². The van der Waals surface area contributed by atoms with E-state index in [0.717, 1.165) is 19.5 Å². The molecular formula is C12H16ClN3O2. The monoisotopic (exact) mass is 269 g/mol. The third-order valence-corrected chi connectivity index (χ3v) is 2.79. The first-order chi connectivity index (χ1) is 8.18. The zero-order valence-corrected chi connectivity index (χ0v) is 10.9. The molecule has 5 nitrogen and oxygen atoms in total. The van der Waals surface area contributed by atoms with Crippen molar-refractivity contribution in [2.24, 2.45) is 0 Å². The fourth-order valence-corrected chi connectivity index (χ4v) is 1.75. The summed E-state index contributed by atoms with van der Waals surface area (Å²) in [4.78, 5) is 15.1. The van der Waals surface area contributed by atoms with Crippen LogP contribution in [0.15, 0.2) is 35.8 Å². The highest BCUT2D eigenvalue weighted by atomic mass is 35.5. The second-order valence-corrected chi connectivity index (χ2v) is 3.96. The molecule has 0 aliphatic heterocycles. The molecule has 0 fully saturated rings. The first-order valence-electron chi connectivity index (χ1n) is 5.53. The molecule has 0 radical (unpaired) electrons. The van der Waals surface area contributed by atoms with Crippen molar-refractivity contribution >= 4 is 12.4 Å². The van der Waals surface area contributed by atoms with E-state index in [1.165, 1.54) is 6.07 Å². The summed E-state index contributed by atoms with van der Waals surface area (Å²) >= 11 is 0. The predicted octanol–water partition coefficient (Wildman–Crippen LogP) is 1.57. The molecule has 0 bridgehead atoms. The van der Waals surface area contributed by atoms with Crippen molar-refractivity contribution in [3.8, 4) is 5.75 Å². The van der Waals surface area contributed by atoms with Gasteiger partial charge in [0.2, 0.25) is 5.43 Å². The molecule has 0 atom stereocenters. The number of aryl methyl sites for hydroxylation is 2. The van der Waals surface area contributed by atoms with E-state index in [1.54, 1.807) is 25.6 Å². The van der Waals surface area contributed by atoms with Crippen molar-refractivity contribution in [3.05, 3.63) is 46.9 Å². The number of pyridine rings is 1. The number of aromatic nitrogens is 3. The zero-order valence-electron chi connectivity index (χ0n) is 10.1. The number of aromatic hydroxyl groups is 1. The van der Waals surface area contributed by atoms with Crippen molar-refractivity contribution in [2.45, 2.75) is 26.4 Å². The van der Waals surface area contributed by atoms with Gasteiger partial charge in [-0.25, -0.2) is 4.98 Å². The summed E-state index contributed by atoms with van der Waals surface area (Å²) in [6, 6.07) is 1.39. The molecule has 2 aromatic rings. The summed E-state index contributed by atoms with van der Waals surface area (Å²) in [5, 5.41) is 9.52. The lowest BCUT2D eigenvalue weighted by Crippen LogP contribution is -2.11. The molecule has 2 heterocycles. The van der Waals surface area contributed by atoms with Crippen LogP contribution in [0.4, 0.5) is 0 Å². The molecule has 2 aromatic heterocycles. The van der Waals surface area contributed by atoms with E-state index in [4.69, 9.17) is 0 Å². The molecular weight excluding hydrogens is 254 g/mol. The minimum Gasteiger partial charge on any atom is -0.503 e. The van der Waals surface area contributed by atoms with Gasteiger partial charge in [0.25, 0.3) is 0 Å². The van der Waals surface area contributed by atoms with Crippen LogP contribution in [0.3, 0.4) is 0 Å². The molecule has 0 amide bonds.